The summed E-state index contributed by atoms with van der Waals surface area (Å²) in [5, 5.41) is 21.4. The van der Waals surface area contributed by atoms with Gasteiger partial charge in [-0.2, -0.15) is 0 Å². The largest absolute Gasteiger partial charge is 0.481 e. The quantitative estimate of drug-likeness (QED) is 0.405. The van der Waals surface area contributed by atoms with Crippen molar-refractivity contribution in [2.24, 2.45) is 5.73 Å². The Morgan fingerprint density at radius 3 is 2.77 bits per heavy atom. The number of unbranched alkanes of at least 4 members (excludes halogenated alkanes) is 1. The van der Waals surface area contributed by atoms with Crippen molar-refractivity contribution in [1.29, 1.82) is 0 Å². The van der Waals surface area contributed by atoms with Gasteiger partial charge >= 0.3 is 5.97 Å². The summed E-state index contributed by atoms with van der Waals surface area (Å²) in [4.78, 5) is 29.5. The molecule has 0 aliphatic heterocycles. The normalized spacial score (nSPS) is 15.0. The van der Waals surface area contributed by atoms with Gasteiger partial charge in [0.05, 0.1) is 30.9 Å². The fourth-order valence-electron chi connectivity index (χ4n) is 2.12. The summed E-state index contributed by atoms with van der Waals surface area (Å²) in [6.07, 6.45) is 4.00. The van der Waals surface area contributed by atoms with E-state index in [1.807, 2.05) is 6.92 Å². The van der Waals surface area contributed by atoms with E-state index in [1.165, 1.54) is 6.33 Å². The predicted molar refractivity (Wildman–Crippen MR) is 80.0 cm³/mol. The van der Waals surface area contributed by atoms with Crippen molar-refractivity contribution < 1.29 is 19.8 Å². The standard InChI is InChI=1S/C14H24N4O4/c1-2-3-4-11(12(19)6-13(20)21)18-14(22)10(15)5-9-7-16-8-17-9/h7-8,10-12,19H,2-6,15H2,1H3,(H,16,17)(H,18,22)(H,20,21). The van der Waals surface area contributed by atoms with Crippen LogP contribution in [0.15, 0.2) is 12.5 Å². The number of carboxylic acids is 1. The molecule has 0 radical (unpaired) electrons. The molecule has 6 N–H and O–H groups in total. The summed E-state index contributed by atoms with van der Waals surface area (Å²) >= 11 is 0. The Hall–Kier alpha value is -1.93. The molecule has 1 heterocycles. The highest BCUT2D eigenvalue weighted by atomic mass is 16.4. The number of carbonyl (C=O) groups excluding carboxylic acids is 1. The lowest BCUT2D eigenvalue weighted by atomic mass is 10.0. The maximum absolute atomic E-state index is 12.1. The third-order valence-corrected chi connectivity index (χ3v) is 3.38. The SMILES string of the molecule is CCCCC(NC(=O)C(N)Cc1cnc[nH]1)C(O)CC(=O)O. The second-order valence-corrected chi connectivity index (χ2v) is 5.31. The second-order valence-electron chi connectivity index (χ2n) is 5.31. The molecule has 0 aliphatic carbocycles. The van der Waals surface area contributed by atoms with Crippen LogP contribution in [-0.4, -0.2) is 50.2 Å². The first-order valence-corrected chi connectivity index (χ1v) is 7.37. The molecule has 0 saturated heterocycles. The van der Waals surface area contributed by atoms with Crippen LogP contribution in [-0.2, 0) is 16.0 Å². The van der Waals surface area contributed by atoms with Crippen molar-refractivity contribution >= 4 is 11.9 Å². The molecule has 3 atom stereocenters. The van der Waals surface area contributed by atoms with Crippen LogP contribution in [0.3, 0.4) is 0 Å². The Morgan fingerprint density at radius 2 is 2.23 bits per heavy atom. The van der Waals surface area contributed by atoms with Crippen LogP contribution in [0.1, 0.15) is 38.3 Å². The van der Waals surface area contributed by atoms with Crippen molar-refractivity contribution in [2.45, 2.75) is 57.2 Å². The Labute approximate surface area is 129 Å². The highest BCUT2D eigenvalue weighted by Gasteiger charge is 2.25. The number of carboxylic acid groups (broad SMARTS) is 1. The van der Waals surface area contributed by atoms with Crippen molar-refractivity contribution in [3.05, 3.63) is 18.2 Å². The number of hydrogen-bond donors (Lipinski definition) is 5. The van der Waals surface area contributed by atoms with E-state index in [0.29, 0.717) is 12.8 Å². The smallest absolute Gasteiger partial charge is 0.306 e. The number of amides is 1. The number of aliphatic hydroxyl groups is 1. The molecule has 22 heavy (non-hydrogen) atoms. The van der Waals surface area contributed by atoms with Crippen molar-refractivity contribution in [2.75, 3.05) is 0 Å². The number of aromatic nitrogens is 2. The number of nitrogens with two attached hydrogens (primary N) is 1. The molecular formula is C14H24N4O4. The number of rotatable bonds is 10. The lowest BCUT2D eigenvalue weighted by molar-refractivity contribution is -0.140. The van der Waals surface area contributed by atoms with E-state index in [4.69, 9.17) is 10.8 Å². The van der Waals surface area contributed by atoms with Gasteiger partial charge in [-0.1, -0.05) is 19.8 Å². The summed E-state index contributed by atoms with van der Waals surface area (Å²) in [6, 6.07) is -1.40. The van der Waals surface area contributed by atoms with E-state index >= 15 is 0 Å². The zero-order chi connectivity index (χ0) is 16.5. The zero-order valence-electron chi connectivity index (χ0n) is 12.7. The number of nitrogens with one attached hydrogen (secondary N) is 2. The predicted octanol–water partition coefficient (Wildman–Crippen LogP) is -0.210. The van der Waals surface area contributed by atoms with E-state index < -0.39 is 36.5 Å². The van der Waals surface area contributed by atoms with E-state index in [-0.39, 0.29) is 0 Å². The fraction of sp³-hybridized carbons (Fsp3) is 0.643. The molecule has 1 rings (SSSR count). The molecule has 3 unspecified atom stereocenters. The summed E-state index contributed by atoms with van der Waals surface area (Å²) in [5.41, 5.74) is 6.56. The summed E-state index contributed by atoms with van der Waals surface area (Å²) < 4.78 is 0. The average Bonchev–Trinajstić information content (AvgIpc) is 2.95. The van der Waals surface area contributed by atoms with Crippen molar-refractivity contribution in [3.8, 4) is 0 Å². The van der Waals surface area contributed by atoms with Gasteiger partial charge < -0.3 is 26.2 Å². The highest BCUT2D eigenvalue weighted by molar-refractivity contribution is 5.82. The van der Waals surface area contributed by atoms with Crippen molar-refractivity contribution in [3.63, 3.8) is 0 Å². The van der Waals surface area contributed by atoms with Gasteiger partial charge in [-0.15, -0.1) is 0 Å². The molecule has 8 heteroatoms. The highest BCUT2D eigenvalue weighted by Crippen LogP contribution is 2.09. The minimum absolute atomic E-state index is 0.293. The first-order valence-electron chi connectivity index (χ1n) is 7.37. The van der Waals surface area contributed by atoms with E-state index in [1.54, 1.807) is 6.20 Å². The topological polar surface area (TPSA) is 141 Å². The maximum atomic E-state index is 12.1. The molecule has 8 nitrogen and oxygen atoms in total. The minimum Gasteiger partial charge on any atom is -0.481 e. The fourth-order valence-corrected chi connectivity index (χ4v) is 2.12. The van der Waals surface area contributed by atoms with Gasteiger partial charge in [0, 0.05) is 18.3 Å². The summed E-state index contributed by atoms with van der Waals surface area (Å²) in [7, 11) is 0. The van der Waals surface area contributed by atoms with E-state index in [0.717, 1.165) is 18.5 Å². The Bertz CT molecular complexity index is 463. The Balaban J connectivity index is 2.58. The number of nitrogens with zero attached hydrogens (tertiary/aromatic N) is 1. The van der Waals surface area contributed by atoms with Gasteiger partial charge in [0.2, 0.25) is 5.91 Å². The van der Waals surface area contributed by atoms with E-state index in [2.05, 4.69) is 15.3 Å². The molecule has 1 amide bonds. The molecule has 0 fully saturated rings. The van der Waals surface area contributed by atoms with Gasteiger partial charge in [0.15, 0.2) is 0 Å². The number of aliphatic carboxylic acids is 1. The molecular weight excluding hydrogens is 288 g/mol. The summed E-state index contributed by atoms with van der Waals surface area (Å²) in [6.45, 7) is 1.98. The molecule has 0 aliphatic rings. The number of H-pyrrole nitrogens is 1. The number of imidazole rings is 1. The molecule has 0 spiro atoms. The van der Waals surface area contributed by atoms with Crippen LogP contribution in [0.2, 0.25) is 0 Å². The second kappa shape index (κ2) is 9.16. The lowest BCUT2D eigenvalue weighted by Gasteiger charge is -2.24. The monoisotopic (exact) mass is 312 g/mol. The van der Waals surface area contributed by atoms with Crippen LogP contribution >= 0.6 is 0 Å². The molecule has 124 valence electrons. The van der Waals surface area contributed by atoms with Gasteiger partial charge in [-0.25, -0.2) is 4.98 Å². The molecule has 1 aromatic heterocycles. The Morgan fingerprint density at radius 1 is 1.50 bits per heavy atom. The maximum Gasteiger partial charge on any atom is 0.306 e. The summed E-state index contributed by atoms with van der Waals surface area (Å²) in [5.74, 6) is -1.52. The zero-order valence-corrected chi connectivity index (χ0v) is 12.7. The number of hydrogen-bond acceptors (Lipinski definition) is 5. The van der Waals surface area contributed by atoms with Crippen LogP contribution in [0.25, 0.3) is 0 Å². The third kappa shape index (κ3) is 6.23. The van der Waals surface area contributed by atoms with E-state index in [9.17, 15) is 14.7 Å². The molecule has 1 aromatic rings. The van der Waals surface area contributed by atoms with Gasteiger partial charge in [-0.05, 0) is 6.42 Å². The van der Waals surface area contributed by atoms with Crippen LogP contribution in [0.4, 0.5) is 0 Å². The third-order valence-electron chi connectivity index (χ3n) is 3.38. The lowest BCUT2D eigenvalue weighted by Crippen LogP contribution is -2.50. The number of aliphatic hydroxyl groups excluding tert-OH is 1. The van der Waals surface area contributed by atoms with Crippen LogP contribution < -0.4 is 11.1 Å². The first-order chi connectivity index (χ1) is 10.4. The van der Waals surface area contributed by atoms with Gasteiger partial charge in [0.25, 0.3) is 0 Å². The number of carbonyl (C=O) groups is 2. The first kappa shape index (κ1) is 18.1. The van der Waals surface area contributed by atoms with Crippen LogP contribution in [0.5, 0.6) is 0 Å². The van der Waals surface area contributed by atoms with Crippen LogP contribution in [0, 0.1) is 0 Å². The van der Waals surface area contributed by atoms with Gasteiger partial charge in [0.1, 0.15) is 0 Å². The molecule has 0 aromatic carbocycles. The minimum atomic E-state index is -1.13. The molecule has 0 bridgehead atoms. The van der Waals surface area contributed by atoms with Gasteiger partial charge in [-0.3, -0.25) is 9.59 Å². The molecule has 0 saturated carbocycles. The van der Waals surface area contributed by atoms with Crippen molar-refractivity contribution in [1.82, 2.24) is 15.3 Å². The average molecular weight is 312 g/mol. The Kier molecular flexibility index (Phi) is 7.55. The number of aromatic amines is 1.